The summed E-state index contributed by atoms with van der Waals surface area (Å²) in [6.45, 7) is 17.7. The molecule has 5 rings (SSSR count). The second-order valence-electron chi connectivity index (χ2n) is 14.5. The van der Waals surface area contributed by atoms with Gasteiger partial charge in [-0.15, -0.1) is 0 Å². The second kappa shape index (κ2) is 7.93. The molecule has 0 radical (unpaired) electrons. The highest BCUT2D eigenvalue weighted by molar-refractivity contribution is 5.90. The number of fused-ring (bicyclic) bond motifs is 7. The van der Waals surface area contributed by atoms with E-state index in [4.69, 9.17) is 9.47 Å². The molecule has 0 aromatic carbocycles. The molecule has 1 heterocycles. The fourth-order valence-electron chi connectivity index (χ4n) is 11.2. The van der Waals surface area contributed by atoms with Crippen LogP contribution in [-0.2, 0) is 23.9 Å². The van der Waals surface area contributed by atoms with E-state index >= 15 is 0 Å². The number of carbonyl (C=O) groups is 3. The number of cyclic esters (lactones) is 2. The molecule has 1 saturated heterocycles. The molecule has 9 atom stereocenters. The quantitative estimate of drug-likeness (QED) is 0.247. The molecule has 0 spiro atoms. The smallest absolute Gasteiger partial charge is 0.319 e. The molecule has 4 saturated carbocycles. The van der Waals surface area contributed by atoms with Crippen LogP contribution in [-0.4, -0.2) is 25.0 Å². The predicted molar refractivity (Wildman–Crippen MR) is 137 cm³/mol. The Morgan fingerprint density at radius 3 is 2.25 bits per heavy atom. The van der Waals surface area contributed by atoms with Gasteiger partial charge in [0.2, 0.25) is 0 Å². The Bertz CT molecular complexity index is 1010. The van der Waals surface area contributed by atoms with Crippen molar-refractivity contribution in [3.63, 3.8) is 0 Å². The van der Waals surface area contributed by atoms with Gasteiger partial charge in [-0.05, 0) is 118 Å². The molecule has 0 aromatic rings. The molecule has 5 heteroatoms. The molecular weight excluding hydrogens is 452 g/mol. The lowest BCUT2D eigenvalue weighted by Crippen LogP contribution is -2.65. The lowest BCUT2D eigenvalue weighted by Gasteiger charge is -2.71. The normalized spacial score (nSPS) is 49.5. The minimum absolute atomic E-state index is 0.0203. The summed E-state index contributed by atoms with van der Waals surface area (Å²) in [4.78, 5) is 39.2. The molecule has 0 aromatic heterocycles. The highest BCUT2D eigenvalue weighted by Gasteiger charge is 2.72. The van der Waals surface area contributed by atoms with Crippen LogP contribution in [0.2, 0.25) is 0 Å². The summed E-state index contributed by atoms with van der Waals surface area (Å²) in [6, 6.07) is 0. The first-order chi connectivity index (χ1) is 16.7. The summed E-state index contributed by atoms with van der Waals surface area (Å²) in [5.74, 6) is 0.748. The SMILES string of the molecule is C=C(C)[C@@H]1CC[C@]2(C(=O)OC)CC[C@]3(C)[C@H](CC[C@@H]4[C@@]5(C)CC(=O)OC(=O)C(C)(C)[C@@H]5CC[C@]43C)[C@@H]12. The molecule has 200 valence electrons. The minimum atomic E-state index is -0.677. The summed E-state index contributed by atoms with van der Waals surface area (Å²) in [7, 11) is 1.55. The molecule has 5 fully saturated rings. The van der Waals surface area contributed by atoms with Gasteiger partial charge in [-0.1, -0.05) is 32.9 Å². The van der Waals surface area contributed by atoms with Crippen molar-refractivity contribution < 1.29 is 23.9 Å². The fourth-order valence-corrected chi connectivity index (χ4v) is 11.2. The van der Waals surface area contributed by atoms with Crippen LogP contribution < -0.4 is 0 Å². The number of rotatable bonds is 2. The second-order valence-corrected chi connectivity index (χ2v) is 14.5. The molecule has 0 unspecified atom stereocenters. The number of hydrogen-bond donors (Lipinski definition) is 0. The van der Waals surface area contributed by atoms with Crippen molar-refractivity contribution in [2.24, 2.45) is 56.7 Å². The Kier molecular flexibility index (Phi) is 5.72. The van der Waals surface area contributed by atoms with E-state index in [1.54, 1.807) is 7.11 Å². The maximum atomic E-state index is 13.4. The van der Waals surface area contributed by atoms with Crippen LogP contribution in [0.4, 0.5) is 0 Å². The summed E-state index contributed by atoms with van der Waals surface area (Å²) in [5.41, 5.74) is -0.0845. The van der Waals surface area contributed by atoms with Crippen molar-refractivity contribution >= 4 is 17.9 Å². The van der Waals surface area contributed by atoms with Gasteiger partial charge in [-0.25, -0.2) is 0 Å². The number of allylic oxidation sites excluding steroid dienone is 1. The molecule has 0 N–H and O–H groups in total. The van der Waals surface area contributed by atoms with Gasteiger partial charge in [0.15, 0.2) is 0 Å². The Labute approximate surface area is 217 Å². The van der Waals surface area contributed by atoms with Gasteiger partial charge < -0.3 is 9.47 Å². The number of methoxy groups -OCH3 is 1. The highest BCUT2D eigenvalue weighted by atomic mass is 16.6. The predicted octanol–water partition coefficient (Wildman–Crippen LogP) is 6.50. The van der Waals surface area contributed by atoms with Crippen molar-refractivity contribution in [1.29, 1.82) is 0 Å². The van der Waals surface area contributed by atoms with Crippen LogP contribution in [0.25, 0.3) is 0 Å². The van der Waals surface area contributed by atoms with Crippen LogP contribution in [0, 0.1) is 56.7 Å². The van der Waals surface area contributed by atoms with Crippen LogP contribution in [0.1, 0.15) is 99.3 Å². The lowest BCUT2D eigenvalue weighted by molar-refractivity contribution is -0.229. The van der Waals surface area contributed by atoms with Crippen molar-refractivity contribution in [3.05, 3.63) is 12.2 Å². The zero-order valence-electron chi connectivity index (χ0n) is 23.5. The maximum absolute atomic E-state index is 13.4. The number of esters is 3. The third kappa shape index (κ3) is 3.04. The molecule has 0 bridgehead atoms. The molecule has 0 amide bonds. The first-order valence-electron chi connectivity index (χ1n) is 14.2. The van der Waals surface area contributed by atoms with E-state index in [1.807, 2.05) is 13.8 Å². The third-order valence-corrected chi connectivity index (χ3v) is 13.1. The van der Waals surface area contributed by atoms with Crippen LogP contribution in [0.15, 0.2) is 12.2 Å². The molecule has 1 aliphatic heterocycles. The highest BCUT2D eigenvalue weighted by Crippen LogP contribution is 2.77. The van der Waals surface area contributed by atoms with E-state index in [0.29, 0.717) is 24.2 Å². The Morgan fingerprint density at radius 1 is 0.917 bits per heavy atom. The van der Waals surface area contributed by atoms with Gasteiger partial charge in [-0.3, -0.25) is 14.4 Å². The van der Waals surface area contributed by atoms with Crippen molar-refractivity contribution in [3.8, 4) is 0 Å². The molecule has 5 aliphatic rings. The van der Waals surface area contributed by atoms with Crippen molar-refractivity contribution in [2.45, 2.75) is 99.3 Å². The van der Waals surface area contributed by atoms with Gasteiger partial charge in [0, 0.05) is 0 Å². The first-order valence-corrected chi connectivity index (χ1v) is 14.2. The Balaban J connectivity index is 1.59. The van der Waals surface area contributed by atoms with E-state index in [9.17, 15) is 14.4 Å². The number of hydrogen-bond acceptors (Lipinski definition) is 5. The fraction of sp³-hybridized carbons (Fsp3) is 0.839. The first kappa shape index (κ1) is 26.0. The van der Waals surface area contributed by atoms with Gasteiger partial charge >= 0.3 is 17.9 Å². The number of carbonyl (C=O) groups excluding carboxylic acids is 3. The van der Waals surface area contributed by atoms with Gasteiger partial charge in [0.25, 0.3) is 0 Å². The average Bonchev–Trinajstić information content (AvgIpc) is 3.17. The molecule has 36 heavy (non-hydrogen) atoms. The number of ether oxygens (including phenoxy) is 2. The van der Waals surface area contributed by atoms with Crippen LogP contribution in [0.3, 0.4) is 0 Å². The molecular formula is C31H46O5. The van der Waals surface area contributed by atoms with E-state index in [1.165, 1.54) is 5.57 Å². The van der Waals surface area contributed by atoms with Crippen LogP contribution >= 0.6 is 0 Å². The molecule has 5 nitrogen and oxygen atoms in total. The summed E-state index contributed by atoms with van der Waals surface area (Å²) < 4.78 is 10.8. The van der Waals surface area contributed by atoms with E-state index in [0.717, 1.165) is 51.4 Å². The van der Waals surface area contributed by atoms with Crippen molar-refractivity contribution in [2.75, 3.05) is 7.11 Å². The van der Waals surface area contributed by atoms with Crippen molar-refractivity contribution in [1.82, 2.24) is 0 Å². The standard InChI is InChI=1S/C31H46O5/c1-18(2)19-11-14-31(26(34)35-8)16-15-29(6)20(24(19)31)9-10-22-28(5)17-23(32)36-25(33)27(3,4)21(28)12-13-30(22,29)7/h19-22,24H,1,9-17H2,2-8H3/t19-,20+,21-,22+,24+,28-,29+,30+,31-/m0/s1. The van der Waals surface area contributed by atoms with Gasteiger partial charge in [0.05, 0.1) is 24.4 Å². The summed E-state index contributed by atoms with van der Waals surface area (Å²) in [6.07, 6.45) is 8.16. The van der Waals surface area contributed by atoms with E-state index in [-0.39, 0.29) is 46.0 Å². The molecule has 4 aliphatic carbocycles. The van der Waals surface area contributed by atoms with E-state index < -0.39 is 10.8 Å². The lowest BCUT2D eigenvalue weighted by atomic mass is 9.33. The topological polar surface area (TPSA) is 69.7 Å². The zero-order valence-corrected chi connectivity index (χ0v) is 23.5. The maximum Gasteiger partial charge on any atom is 0.319 e. The van der Waals surface area contributed by atoms with Gasteiger partial charge in [-0.2, -0.15) is 0 Å². The van der Waals surface area contributed by atoms with E-state index in [2.05, 4.69) is 34.3 Å². The minimum Gasteiger partial charge on any atom is -0.469 e. The zero-order chi connectivity index (χ0) is 26.5. The Hall–Kier alpha value is -1.65. The van der Waals surface area contributed by atoms with Gasteiger partial charge in [0.1, 0.15) is 0 Å². The summed E-state index contributed by atoms with van der Waals surface area (Å²) in [5, 5.41) is 0. The average molecular weight is 499 g/mol. The Morgan fingerprint density at radius 2 is 1.61 bits per heavy atom. The monoisotopic (exact) mass is 498 g/mol. The summed E-state index contributed by atoms with van der Waals surface area (Å²) >= 11 is 0. The third-order valence-electron chi connectivity index (χ3n) is 13.1. The van der Waals surface area contributed by atoms with Crippen LogP contribution in [0.5, 0.6) is 0 Å². The largest absolute Gasteiger partial charge is 0.469 e.